The molecule has 3 rings (SSSR count). The fourth-order valence-electron chi connectivity index (χ4n) is 5.80. The van der Waals surface area contributed by atoms with E-state index in [0.29, 0.717) is 25.3 Å². The quantitative estimate of drug-likeness (QED) is 0.0936. The average molecular weight is 590 g/mol. The largest absolute Gasteiger partial charge is 2.00 e. The van der Waals surface area contributed by atoms with Crippen molar-refractivity contribution in [2.24, 2.45) is 17.8 Å². The summed E-state index contributed by atoms with van der Waals surface area (Å²) >= 11 is 0. The molecule has 1 heterocycles. The van der Waals surface area contributed by atoms with E-state index < -0.39 is 37.5 Å². The zero-order valence-corrected chi connectivity index (χ0v) is 26.8. The zero-order chi connectivity index (χ0) is 28.4. The first-order chi connectivity index (χ1) is 18.6. The molecule has 1 saturated carbocycles. The van der Waals surface area contributed by atoms with E-state index in [4.69, 9.17) is 9.26 Å². The van der Waals surface area contributed by atoms with Crippen LogP contribution in [0, 0.1) is 17.8 Å². The van der Waals surface area contributed by atoms with Gasteiger partial charge in [-0.1, -0.05) is 83.2 Å². The van der Waals surface area contributed by atoms with Crippen molar-refractivity contribution >= 4 is 48.3 Å². The van der Waals surface area contributed by atoms with Crippen LogP contribution in [0.2, 0.25) is 0 Å². The van der Waals surface area contributed by atoms with Crippen molar-refractivity contribution in [3.63, 3.8) is 0 Å². The van der Waals surface area contributed by atoms with Gasteiger partial charge in [-0.15, -0.1) is 0 Å². The number of unbranched alkanes of at least 4 members (excludes halogenated alkanes) is 1. The molecule has 0 bridgehead atoms. The van der Waals surface area contributed by atoms with Gasteiger partial charge in [-0.2, -0.15) is 0 Å². The third-order valence-electron chi connectivity index (χ3n) is 8.07. The van der Waals surface area contributed by atoms with Crippen LogP contribution in [0.3, 0.4) is 0 Å². The van der Waals surface area contributed by atoms with Crippen molar-refractivity contribution in [2.75, 3.05) is 18.9 Å². The van der Waals surface area contributed by atoms with Crippen LogP contribution >= 0.6 is 7.37 Å². The number of hydrogen-bond acceptors (Lipinski definition) is 6. The summed E-state index contributed by atoms with van der Waals surface area (Å²) < 4.78 is 25.7. The van der Waals surface area contributed by atoms with Crippen LogP contribution in [-0.2, 0) is 34.6 Å². The Labute approximate surface area is 258 Å². The van der Waals surface area contributed by atoms with Crippen LogP contribution < -0.4 is 0 Å². The molecule has 1 aromatic carbocycles. The molecule has 0 spiro atoms. The molecule has 1 N–H and O–H groups in total. The number of carbonyl (C=O) groups is 3. The summed E-state index contributed by atoms with van der Waals surface area (Å²) in [5, 5.41) is 9.92. The van der Waals surface area contributed by atoms with E-state index in [-0.39, 0.29) is 56.5 Å². The van der Waals surface area contributed by atoms with Crippen molar-refractivity contribution in [3.8, 4) is 0 Å². The summed E-state index contributed by atoms with van der Waals surface area (Å²) in [5.74, 6) is -1.61. The molecule has 1 aliphatic heterocycles. The van der Waals surface area contributed by atoms with Crippen molar-refractivity contribution in [1.29, 1.82) is 0 Å². The Morgan fingerprint density at radius 3 is 2.35 bits per heavy atom. The average Bonchev–Trinajstić information content (AvgIpc) is 3.38. The van der Waals surface area contributed by atoms with Crippen LogP contribution in [0.4, 0.5) is 0 Å². The van der Waals surface area contributed by atoms with Gasteiger partial charge in [0.15, 0.2) is 0 Å². The Balaban J connectivity index is 0.00000560. The molecule has 4 atom stereocenters. The number of carbonyl (C=O) groups excluding carboxylic acids is 2. The molecule has 1 aromatic rings. The van der Waals surface area contributed by atoms with Crippen LogP contribution in [0.15, 0.2) is 30.3 Å². The van der Waals surface area contributed by atoms with Crippen molar-refractivity contribution in [2.45, 2.75) is 97.3 Å². The molecular weight excluding hydrogens is 542 g/mol. The third-order valence-corrected chi connectivity index (χ3v) is 10.4. The predicted octanol–water partition coefficient (Wildman–Crippen LogP) is 5.97. The second-order valence-corrected chi connectivity index (χ2v) is 14.1. The molecule has 2 fully saturated rings. The number of aliphatic carboxylic acids is 1. The van der Waals surface area contributed by atoms with E-state index in [9.17, 15) is 24.1 Å². The molecule has 40 heavy (non-hydrogen) atoms. The standard InChI is InChI=1S/C30H46NO7P.Mg.2H/c1-4-28(33)37-30(22(2)3)38-39(36,18-12-11-15-23-13-7-5-8-14-23)21-27(32)31-20-25(19-26(31)29(34)35)24-16-9-6-10-17-24;;;/h5,7-8,13-14,22,24-26,30H,4,6,9-12,15-21H2,1-3H3,(H,34,35);;;/q;+2;2*-1/t25-,26+,30-,39-;;;/m1.../s1. The first-order valence-corrected chi connectivity index (χ1v) is 16.6. The van der Waals surface area contributed by atoms with Gasteiger partial charge in [0, 0.05) is 25.0 Å². The fraction of sp³-hybridized carbons (Fsp3) is 0.700. The summed E-state index contributed by atoms with van der Waals surface area (Å²) in [5.41, 5.74) is 1.18. The number of nitrogens with zero attached hydrogens (tertiary/aromatic N) is 1. The van der Waals surface area contributed by atoms with Gasteiger partial charge >= 0.3 is 35.0 Å². The molecule has 1 saturated heterocycles. The number of hydrogen-bond donors (Lipinski definition) is 1. The summed E-state index contributed by atoms with van der Waals surface area (Å²) in [7, 11) is -3.60. The number of likely N-dealkylation sites (tertiary alicyclic amines) is 1. The van der Waals surface area contributed by atoms with E-state index in [0.717, 1.165) is 38.5 Å². The molecule has 1 aliphatic carbocycles. The van der Waals surface area contributed by atoms with Crippen molar-refractivity contribution in [3.05, 3.63) is 35.9 Å². The summed E-state index contributed by atoms with van der Waals surface area (Å²) in [6, 6.07) is 9.10. The number of aryl methyl sites for hydroxylation is 1. The summed E-state index contributed by atoms with van der Waals surface area (Å²) in [4.78, 5) is 39.2. The van der Waals surface area contributed by atoms with Gasteiger partial charge in [0.2, 0.25) is 19.6 Å². The summed E-state index contributed by atoms with van der Waals surface area (Å²) in [6.45, 7) is 5.68. The topological polar surface area (TPSA) is 110 Å². The van der Waals surface area contributed by atoms with Crippen LogP contribution in [0.1, 0.15) is 87.0 Å². The van der Waals surface area contributed by atoms with Crippen molar-refractivity contribution in [1.82, 2.24) is 4.90 Å². The van der Waals surface area contributed by atoms with Gasteiger partial charge in [-0.05, 0) is 43.1 Å². The van der Waals surface area contributed by atoms with Crippen LogP contribution in [-0.4, -0.2) is 82.1 Å². The SMILES string of the molecule is CCC(=O)O[C@H](O[P@](=O)(CCCCc1ccccc1)CC(=O)N1C[C@H](C2CCCCC2)C[C@H]1C(=O)O)C(C)C.[H-].[H-].[Mg+2]. The number of esters is 1. The van der Waals surface area contributed by atoms with E-state index >= 15 is 0 Å². The Morgan fingerprint density at radius 2 is 1.75 bits per heavy atom. The molecule has 1 amide bonds. The molecule has 222 valence electrons. The summed E-state index contributed by atoms with van der Waals surface area (Å²) in [6.07, 6.45) is 7.12. The van der Waals surface area contributed by atoms with Crippen molar-refractivity contribution < 1.29 is 36.2 Å². The number of carboxylic acids is 1. The molecule has 8 nitrogen and oxygen atoms in total. The fourth-order valence-corrected chi connectivity index (χ4v) is 8.10. The molecule has 0 unspecified atom stereocenters. The molecule has 0 radical (unpaired) electrons. The van der Waals surface area contributed by atoms with Crippen LogP contribution in [0.25, 0.3) is 0 Å². The van der Waals surface area contributed by atoms with Crippen LogP contribution in [0.5, 0.6) is 0 Å². The van der Waals surface area contributed by atoms with Gasteiger partial charge in [0.05, 0.1) is 0 Å². The zero-order valence-electron chi connectivity index (χ0n) is 26.5. The molecule has 10 heteroatoms. The Kier molecular flexibility index (Phi) is 14.7. The first-order valence-electron chi connectivity index (χ1n) is 14.6. The van der Waals surface area contributed by atoms with E-state index in [1.165, 1.54) is 16.9 Å². The number of ether oxygens (including phenoxy) is 1. The minimum Gasteiger partial charge on any atom is -1.00 e. The second kappa shape index (κ2) is 16.9. The van der Waals surface area contributed by atoms with E-state index in [1.807, 2.05) is 44.2 Å². The minimum atomic E-state index is -3.60. The van der Waals surface area contributed by atoms with Gasteiger partial charge in [-0.25, -0.2) is 4.79 Å². The smallest absolute Gasteiger partial charge is 1.00 e. The Bertz CT molecular complexity index is 1010. The molecule has 0 aromatic heterocycles. The molecular formula is C30H48MgNO7P. The maximum absolute atomic E-state index is 14.2. The molecule has 2 aliphatic rings. The monoisotopic (exact) mass is 589 g/mol. The first kappa shape index (κ1) is 34.8. The minimum absolute atomic E-state index is 0. The Morgan fingerprint density at radius 1 is 1.07 bits per heavy atom. The van der Waals surface area contributed by atoms with E-state index in [1.54, 1.807) is 6.92 Å². The normalized spacial score (nSPS) is 21.9. The maximum atomic E-state index is 14.2. The van der Waals surface area contributed by atoms with Gasteiger partial charge < -0.3 is 17.6 Å². The van der Waals surface area contributed by atoms with Gasteiger partial charge in [0.25, 0.3) is 0 Å². The maximum Gasteiger partial charge on any atom is 2.00 e. The number of amides is 1. The predicted molar refractivity (Wildman–Crippen MR) is 159 cm³/mol. The van der Waals surface area contributed by atoms with Gasteiger partial charge in [-0.3, -0.25) is 18.7 Å². The van der Waals surface area contributed by atoms with E-state index in [2.05, 4.69) is 0 Å². The third kappa shape index (κ3) is 10.4. The number of carboxylic acid groups (broad SMARTS) is 1. The second-order valence-electron chi connectivity index (χ2n) is 11.5. The number of rotatable bonds is 14. The Hall–Kier alpha value is -1.41. The number of benzene rings is 1. The van der Waals surface area contributed by atoms with Gasteiger partial charge in [0.1, 0.15) is 12.2 Å².